The smallest absolute Gasteiger partial charge is 0.406 e. The Morgan fingerprint density at radius 3 is 2.30 bits per heavy atom. The summed E-state index contributed by atoms with van der Waals surface area (Å²) in [6.07, 6.45) is -1.25. The van der Waals surface area contributed by atoms with Crippen LogP contribution in [0.2, 0.25) is 0 Å². The van der Waals surface area contributed by atoms with Crippen molar-refractivity contribution >= 4 is 0 Å². The number of rotatable bonds is 3. The lowest BCUT2D eigenvalue weighted by Gasteiger charge is -2.32. The Labute approximate surface area is 134 Å². The molecule has 0 amide bonds. The van der Waals surface area contributed by atoms with Crippen molar-refractivity contribution in [2.45, 2.75) is 38.6 Å². The maximum Gasteiger partial charge on any atom is 0.573 e. The Hall–Kier alpha value is -1.93. The molecule has 1 saturated heterocycles. The van der Waals surface area contributed by atoms with Crippen molar-refractivity contribution in [2.24, 2.45) is 0 Å². The number of hydrogen-bond acceptors (Lipinski definition) is 2. The van der Waals surface area contributed by atoms with Crippen LogP contribution < -0.4 is 4.74 Å². The summed E-state index contributed by atoms with van der Waals surface area (Å²) >= 11 is 0. The number of piperidine rings is 1. The molecular weight excluding hydrogens is 303 g/mol. The van der Waals surface area contributed by atoms with E-state index in [9.17, 15) is 13.2 Å². The topological polar surface area (TPSA) is 12.5 Å². The van der Waals surface area contributed by atoms with E-state index < -0.39 is 6.36 Å². The first kappa shape index (κ1) is 17.4. The van der Waals surface area contributed by atoms with Gasteiger partial charge in [-0.3, -0.25) is 4.90 Å². The molecular formula is C18H20F3NO. The number of benzene rings is 1. The molecule has 1 heterocycles. The van der Waals surface area contributed by atoms with Gasteiger partial charge in [0.05, 0.1) is 6.04 Å². The van der Waals surface area contributed by atoms with Crippen LogP contribution in [0.15, 0.2) is 36.4 Å². The fourth-order valence-corrected chi connectivity index (χ4v) is 2.61. The Balaban J connectivity index is 2.21. The lowest BCUT2D eigenvalue weighted by molar-refractivity contribution is -0.274. The van der Waals surface area contributed by atoms with Gasteiger partial charge in [-0.15, -0.1) is 13.2 Å². The lowest BCUT2D eigenvalue weighted by Crippen LogP contribution is -2.33. The highest BCUT2D eigenvalue weighted by molar-refractivity contribution is 5.36. The molecule has 124 valence electrons. The van der Waals surface area contributed by atoms with Crippen molar-refractivity contribution in [3.63, 3.8) is 0 Å². The van der Waals surface area contributed by atoms with Crippen molar-refractivity contribution in [3.05, 3.63) is 42.0 Å². The van der Waals surface area contributed by atoms with E-state index in [0.29, 0.717) is 0 Å². The van der Waals surface area contributed by atoms with E-state index in [4.69, 9.17) is 0 Å². The minimum atomic E-state index is -4.67. The van der Waals surface area contributed by atoms with Crippen LogP contribution in [0.5, 0.6) is 5.75 Å². The summed E-state index contributed by atoms with van der Waals surface area (Å²) in [4.78, 5) is 2.26. The average molecular weight is 323 g/mol. The predicted molar refractivity (Wildman–Crippen MR) is 83.9 cm³/mol. The molecule has 5 heteroatoms. The second-order valence-electron chi connectivity index (χ2n) is 5.67. The van der Waals surface area contributed by atoms with E-state index in [1.165, 1.54) is 18.6 Å². The highest BCUT2D eigenvalue weighted by Crippen LogP contribution is 2.28. The number of allylic oxidation sites excluding steroid dienone is 1. The summed E-state index contributed by atoms with van der Waals surface area (Å²) in [6, 6.07) is 5.83. The Bertz CT molecular complexity index is 589. The van der Waals surface area contributed by atoms with E-state index in [-0.39, 0.29) is 11.8 Å². The maximum atomic E-state index is 12.2. The van der Waals surface area contributed by atoms with Gasteiger partial charge >= 0.3 is 6.36 Å². The molecule has 0 saturated carbocycles. The number of hydrogen-bond donors (Lipinski definition) is 0. The minimum Gasteiger partial charge on any atom is -0.406 e. The monoisotopic (exact) mass is 323 g/mol. The number of halogens is 3. The van der Waals surface area contributed by atoms with Crippen LogP contribution in [0.25, 0.3) is 0 Å². The zero-order valence-corrected chi connectivity index (χ0v) is 13.1. The minimum absolute atomic E-state index is 0.132. The highest BCUT2D eigenvalue weighted by atomic mass is 19.4. The van der Waals surface area contributed by atoms with Crippen molar-refractivity contribution in [1.82, 2.24) is 4.90 Å². The van der Waals surface area contributed by atoms with Crippen LogP contribution in [0.1, 0.15) is 37.8 Å². The van der Waals surface area contributed by atoms with Gasteiger partial charge in [0.2, 0.25) is 0 Å². The normalized spacial score (nSPS) is 17.0. The summed E-state index contributed by atoms with van der Waals surface area (Å²) in [5.74, 6) is 5.97. The lowest BCUT2D eigenvalue weighted by atomic mass is 10.0. The third-order valence-corrected chi connectivity index (χ3v) is 3.61. The Kier molecular flexibility index (Phi) is 5.73. The van der Waals surface area contributed by atoms with Crippen molar-refractivity contribution in [1.29, 1.82) is 0 Å². The van der Waals surface area contributed by atoms with E-state index in [1.54, 1.807) is 12.1 Å². The number of nitrogens with zero attached hydrogens (tertiary/aromatic N) is 1. The molecule has 0 radical (unpaired) electrons. The van der Waals surface area contributed by atoms with E-state index in [2.05, 4.69) is 28.1 Å². The largest absolute Gasteiger partial charge is 0.573 e. The summed E-state index contributed by atoms with van der Waals surface area (Å²) in [5.41, 5.74) is 1.64. The van der Waals surface area contributed by atoms with E-state index in [1.807, 2.05) is 6.92 Å². The van der Waals surface area contributed by atoms with Gasteiger partial charge in [0.1, 0.15) is 5.75 Å². The first-order valence-corrected chi connectivity index (χ1v) is 7.62. The summed E-state index contributed by atoms with van der Waals surface area (Å²) in [7, 11) is 0. The van der Waals surface area contributed by atoms with Crippen LogP contribution in [0.3, 0.4) is 0 Å². The Morgan fingerprint density at radius 2 is 1.78 bits per heavy atom. The van der Waals surface area contributed by atoms with E-state index >= 15 is 0 Å². The van der Waals surface area contributed by atoms with Crippen molar-refractivity contribution < 1.29 is 17.9 Å². The molecule has 1 aliphatic heterocycles. The van der Waals surface area contributed by atoms with Crippen LogP contribution in [0.4, 0.5) is 13.2 Å². The molecule has 2 rings (SSSR count). The van der Waals surface area contributed by atoms with Crippen LogP contribution in [0, 0.1) is 11.8 Å². The summed E-state index contributed by atoms with van der Waals surface area (Å²) in [6.45, 7) is 7.50. The van der Waals surface area contributed by atoms with Gasteiger partial charge in [0.15, 0.2) is 0 Å². The predicted octanol–water partition coefficient (Wildman–Crippen LogP) is 4.69. The van der Waals surface area contributed by atoms with Gasteiger partial charge in [-0.25, -0.2) is 0 Å². The van der Waals surface area contributed by atoms with Crippen LogP contribution in [-0.4, -0.2) is 24.4 Å². The quantitative estimate of drug-likeness (QED) is 0.748. The first-order valence-electron chi connectivity index (χ1n) is 7.62. The van der Waals surface area contributed by atoms with Gasteiger partial charge in [-0.1, -0.05) is 37.0 Å². The number of likely N-dealkylation sites (tertiary alicyclic amines) is 1. The van der Waals surface area contributed by atoms with Crippen LogP contribution >= 0.6 is 0 Å². The molecule has 0 bridgehead atoms. The average Bonchev–Trinajstić information content (AvgIpc) is 2.48. The second kappa shape index (κ2) is 7.56. The number of ether oxygens (including phenoxy) is 1. The number of alkyl halides is 3. The fourth-order valence-electron chi connectivity index (χ4n) is 2.61. The standard InChI is InChI=1S/C18H20F3NO/c1-14(2)6-11-17(22-12-4-3-5-13-22)15-7-9-16(10-8-15)23-18(19,20)21/h7-10,17H,1,3-5,12-13H2,2H3. The molecule has 23 heavy (non-hydrogen) atoms. The zero-order chi connectivity index (χ0) is 16.9. The molecule has 1 atom stereocenters. The van der Waals surface area contributed by atoms with E-state index in [0.717, 1.165) is 37.1 Å². The summed E-state index contributed by atoms with van der Waals surface area (Å²) in [5, 5.41) is 0. The molecule has 0 aliphatic carbocycles. The van der Waals surface area contributed by atoms with Gasteiger partial charge in [-0.2, -0.15) is 0 Å². The first-order chi connectivity index (χ1) is 10.8. The molecule has 1 aromatic carbocycles. The van der Waals surface area contributed by atoms with Gasteiger partial charge in [0.25, 0.3) is 0 Å². The SMILES string of the molecule is C=C(C)C#CC(c1ccc(OC(F)(F)F)cc1)N1CCCCC1. The van der Waals surface area contributed by atoms with Gasteiger partial charge < -0.3 is 4.74 Å². The Morgan fingerprint density at radius 1 is 1.17 bits per heavy atom. The third-order valence-electron chi connectivity index (χ3n) is 3.61. The van der Waals surface area contributed by atoms with Gasteiger partial charge in [-0.05, 0) is 56.1 Å². The van der Waals surface area contributed by atoms with Gasteiger partial charge in [0, 0.05) is 0 Å². The molecule has 1 aromatic rings. The zero-order valence-electron chi connectivity index (χ0n) is 13.1. The summed E-state index contributed by atoms with van der Waals surface area (Å²) < 4.78 is 40.6. The molecule has 1 fully saturated rings. The van der Waals surface area contributed by atoms with Crippen molar-refractivity contribution in [3.8, 4) is 17.6 Å². The third kappa shape index (κ3) is 5.65. The molecule has 1 aliphatic rings. The highest BCUT2D eigenvalue weighted by Gasteiger charge is 2.31. The van der Waals surface area contributed by atoms with Crippen molar-refractivity contribution in [2.75, 3.05) is 13.1 Å². The molecule has 1 unspecified atom stereocenters. The molecule has 0 spiro atoms. The second-order valence-corrected chi connectivity index (χ2v) is 5.67. The van der Waals surface area contributed by atoms with Crippen LogP contribution in [-0.2, 0) is 0 Å². The molecule has 0 N–H and O–H groups in total. The molecule has 2 nitrogen and oxygen atoms in total. The molecule has 0 aromatic heterocycles. The fraction of sp³-hybridized carbons (Fsp3) is 0.444. The maximum absolute atomic E-state index is 12.2.